The second-order valence-corrected chi connectivity index (χ2v) is 6.11. The number of ether oxygens (including phenoxy) is 1. The summed E-state index contributed by atoms with van der Waals surface area (Å²) in [6, 6.07) is 9.52. The van der Waals surface area contributed by atoms with Gasteiger partial charge in [-0.1, -0.05) is 12.1 Å². The van der Waals surface area contributed by atoms with Gasteiger partial charge in [-0.05, 0) is 78.3 Å². The van der Waals surface area contributed by atoms with Gasteiger partial charge in [0.25, 0.3) is 5.91 Å². The zero-order valence-electron chi connectivity index (χ0n) is 12.6. The third-order valence-electron chi connectivity index (χ3n) is 3.35. The van der Waals surface area contributed by atoms with E-state index >= 15 is 0 Å². The Kier molecular flexibility index (Phi) is 4.88. The van der Waals surface area contributed by atoms with Gasteiger partial charge in [-0.3, -0.25) is 4.79 Å². The maximum absolute atomic E-state index is 12.5. The molecule has 4 heteroatoms. The number of rotatable bonds is 3. The quantitative estimate of drug-likeness (QED) is 0.779. The molecule has 0 fully saturated rings. The lowest BCUT2D eigenvalue weighted by molar-refractivity contribution is 0.102. The van der Waals surface area contributed by atoms with E-state index in [0.717, 1.165) is 22.4 Å². The van der Waals surface area contributed by atoms with Gasteiger partial charge in [-0.25, -0.2) is 0 Å². The first-order chi connectivity index (χ1) is 9.93. The van der Waals surface area contributed by atoms with Gasteiger partial charge in [0.2, 0.25) is 0 Å². The molecule has 0 saturated heterocycles. The minimum absolute atomic E-state index is 0.157. The second-order valence-electron chi connectivity index (χ2n) is 5.03. The Bertz CT molecular complexity index is 672. The Morgan fingerprint density at radius 3 is 2.29 bits per heavy atom. The van der Waals surface area contributed by atoms with Crippen LogP contribution in [0.3, 0.4) is 0 Å². The third kappa shape index (κ3) is 3.37. The first-order valence-electron chi connectivity index (χ1n) is 6.65. The number of methoxy groups -OCH3 is 1. The van der Waals surface area contributed by atoms with Crippen molar-refractivity contribution in [2.24, 2.45) is 0 Å². The highest BCUT2D eigenvalue weighted by Crippen LogP contribution is 2.25. The number of benzene rings is 2. The summed E-state index contributed by atoms with van der Waals surface area (Å²) in [5.74, 6) is 0.463. The highest BCUT2D eigenvalue weighted by Gasteiger charge is 2.14. The fraction of sp³-hybridized carbons (Fsp3) is 0.235. The molecular weight excluding hydrogens is 377 g/mol. The van der Waals surface area contributed by atoms with Crippen LogP contribution in [0.4, 0.5) is 5.69 Å². The Morgan fingerprint density at radius 2 is 1.71 bits per heavy atom. The number of halogens is 1. The molecule has 0 aliphatic carbocycles. The van der Waals surface area contributed by atoms with Crippen LogP contribution in [0.15, 0.2) is 30.3 Å². The lowest BCUT2D eigenvalue weighted by Crippen LogP contribution is -2.14. The normalized spacial score (nSPS) is 10.3. The van der Waals surface area contributed by atoms with Crippen molar-refractivity contribution in [2.75, 3.05) is 12.4 Å². The summed E-state index contributed by atoms with van der Waals surface area (Å²) in [6.07, 6.45) is 0. The van der Waals surface area contributed by atoms with Gasteiger partial charge in [0.05, 0.1) is 12.7 Å². The number of carbonyl (C=O) groups is 1. The highest BCUT2D eigenvalue weighted by molar-refractivity contribution is 14.1. The summed E-state index contributed by atoms with van der Waals surface area (Å²) >= 11 is 2.31. The number of anilines is 1. The summed E-state index contributed by atoms with van der Waals surface area (Å²) in [6.45, 7) is 6.00. The molecule has 1 N–H and O–H groups in total. The highest BCUT2D eigenvalue weighted by atomic mass is 127. The number of amides is 1. The van der Waals surface area contributed by atoms with E-state index in [2.05, 4.69) is 27.9 Å². The van der Waals surface area contributed by atoms with Crippen LogP contribution in [0.5, 0.6) is 5.75 Å². The minimum atomic E-state index is -0.157. The minimum Gasteiger partial charge on any atom is -0.496 e. The van der Waals surface area contributed by atoms with Gasteiger partial charge in [-0.15, -0.1) is 0 Å². The van der Waals surface area contributed by atoms with Crippen molar-refractivity contribution in [1.82, 2.24) is 0 Å². The van der Waals surface area contributed by atoms with Crippen molar-refractivity contribution in [3.05, 3.63) is 56.2 Å². The van der Waals surface area contributed by atoms with Crippen molar-refractivity contribution in [3.63, 3.8) is 0 Å². The lowest BCUT2D eigenvalue weighted by Gasteiger charge is -2.13. The van der Waals surface area contributed by atoms with Crippen molar-refractivity contribution >= 4 is 34.2 Å². The molecule has 0 spiro atoms. The van der Waals surface area contributed by atoms with Gasteiger partial charge in [0.15, 0.2) is 0 Å². The van der Waals surface area contributed by atoms with E-state index in [4.69, 9.17) is 4.74 Å². The number of hydrogen-bond acceptors (Lipinski definition) is 2. The lowest BCUT2D eigenvalue weighted by atomic mass is 10.1. The molecule has 21 heavy (non-hydrogen) atoms. The maximum Gasteiger partial charge on any atom is 0.259 e. The molecule has 2 aromatic carbocycles. The molecule has 110 valence electrons. The van der Waals surface area contributed by atoms with E-state index in [1.54, 1.807) is 13.2 Å². The zero-order chi connectivity index (χ0) is 15.6. The Hall–Kier alpha value is -1.56. The van der Waals surface area contributed by atoms with Gasteiger partial charge in [0.1, 0.15) is 5.75 Å². The fourth-order valence-electron chi connectivity index (χ4n) is 2.32. The molecule has 0 bridgehead atoms. The van der Waals surface area contributed by atoms with Crippen LogP contribution in [-0.2, 0) is 0 Å². The van der Waals surface area contributed by atoms with E-state index in [-0.39, 0.29) is 5.91 Å². The number of hydrogen-bond donors (Lipinski definition) is 1. The molecule has 0 saturated carbocycles. The predicted molar refractivity (Wildman–Crippen MR) is 94.3 cm³/mol. The topological polar surface area (TPSA) is 38.3 Å². The number of carbonyl (C=O) groups excluding carboxylic acids is 1. The Labute approximate surface area is 138 Å². The molecule has 1 amide bonds. The first kappa shape index (κ1) is 15.8. The fourth-order valence-corrected chi connectivity index (χ4v) is 2.63. The van der Waals surface area contributed by atoms with E-state index in [9.17, 15) is 4.79 Å². The van der Waals surface area contributed by atoms with Crippen LogP contribution in [0.2, 0.25) is 0 Å². The van der Waals surface area contributed by atoms with Crippen LogP contribution < -0.4 is 10.1 Å². The predicted octanol–water partition coefficient (Wildman–Crippen LogP) is 4.48. The summed E-state index contributed by atoms with van der Waals surface area (Å²) < 4.78 is 6.56. The van der Waals surface area contributed by atoms with Crippen molar-refractivity contribution < 1.29 is 9.53 Å². The first-order valence-corrected chi connectivity index (χ1v) is 7.73. The van der Waals surface area contributed by atoms with Crippen LogP contribution >= 0.6 is 22.6 Å². The van der Waals surface area contributed by atoms with Crippen molar-refractivity contribution in [1.29, 1.82) is 0 Å². The smallest absolute Gasteiger partial charge is 0.259 e. The van der Waals surface area contributed by atoms with Crippen LogP contribution in [0.1, 0.15) is 27.0 Å². The third-order valence-corrected chi connectivity index (χ3v) is 5.06. The molecule has 0 heterocycles. The monoisotopic (exact) mass is 395 g/mol. The van der Waals surface area contributed by atoms with Crippen molar-refractivity contribution in [2.45, 2.75) is 20.8 Å². The van der Waals surface area contributed by atoms with E-state index in [1.165, 1.54) is 3.57 Å². The summed E-state index contributed by atoms with van der Waals surface area (Å²) in [7, 11) is 1.58. The van der Waals surface area contributed by atoms with E-state index in [1.807, 2.05) is 45.0 Å². The molecule has 2 rings (SSSR count). The Morgan fingerprint density at radius 1 is 1.10 bits per heavy atom. The molecule has 0 radical (unpaired) electrons. The van der Waals surface area contributed by atoms with Gasteiger partial charge >= 0.3 is 0 Å². The molecule has 3 nitrogen and oxygen atoms in total. The molecule has 0 unspecified atom stereocenters. The van der Waals surface area contributed by atoms with Crippen LogP contribution in [0.25, 0.3) is 0 Å². The molecule has 0 aromatic heterocycles. The van der Waals surface area contributed by atoms with Gasteiger partial charge in [0, 0.05) is 9.26 Å². The largest absolute Gasteiger partial charge is 0.496 e. The van der Waals surface area contributed by atoms with E-state index in [0.29, 0.717) is 11.3 Å². The van der Waals surface area contributed by atoms with Crippen LogP contribution in [0, 0.1) is 24.3 Å². The number of aryl methyl sites for hydroxylation is 3. The van der Waals surface area contributed by atoms with Gasteiger partial charge < -0.3 is 10.1 Å². The summed E-state index contributed by atoms with van der Waals surface area (Å²) in [4.78, 5) is 12.5. The van der Waals surface area contributed by atoms with Crippen LogP contribution in [-0.4, -0.2) is 13.0 Å². The molecule has 0 atom stereocenters. The molecule has 2 aromatic rings. The summed E-state index contributed by atoms with van der Waals surface area (Å²) in [5.41, 5.74) is 4.61. The second kappa shape index (κ2) is 6.47. The molecule has 0 aliphatic rings. The van der Waals surface area contributed by atoms with Crippen molar-refractivity contribution in [3.8, 4) is 5.75 Å². The Balaban J connectivity index is 2.33. The summed E-state index contributed by atoms with van der Waals surface area (Å²) in [5, 5.41) is 2.95. The number of para-hydroxylation sites is 1. The molecule has 0 aliphatic heterocycles. The number of nitrogens with one attached hydrogen (secondary N) is 1. The average Bonchev–Trinajstić information content (AvgIpc) is 2.44. The SMILES string of the molecule is COc1c(C)cccc1C(=O)Nc1cc(C)c(I)c(C)c1. The van der Waals surface area contributed by atoms with E-state index < -0.39 is 0 Å². The molecular formula is C17H18INO2. The zero-order valence-corrected chi connectivity index (χ0v) is 14.7. The standard InChI is InChI=1S/C17H18INO2/c1-10-6-5-7-14(16(10)21-4)17(20)19-13-8-11(2)15(18)12(3)9-13/h5-9H,1-4H3,(H,19,20). The maximum atomic E-state index is 12.5. The van der Waals surface area contributed by atoms with Gasteiger partial charge in [-0.2, -0.15) is 0 Å². The average molecular weight is 395 g/mol.